The summed E-state index contributed by atoms with van der Waals surface area (Å²) in [7, 11) is 0. The number of halogens is 1. The van der Waals surface area contributed by atoms with Gasteiger partial charge in [0, 0.05) is 12.7 Å². The van der Waals surface area contributed by atoms with Gasteiger partial charge in [-0.3, -0.25) is 4.79 Å². The molecule has 0 spiro atoms. The van der Waals surface area contributed by atoms with Crippen LogP contribution >= 0.6 is 11.6 Å². The van der Waals surface area contributed by atoms with Crippen LogP contribution in [0, 0.1) is 0 Å². The summed E-state index contributed by atoms with van der Waals surface area (Å²) in [5.41, 5.74) is 0.528. The predicted octanol–water partition coefficient (Wildman–Crippen LogP) is 2.66. The summed E-state index contributed by atoms with van der Waals surface area (Å²) < 4.78 is 0. The maximum absolute atomic E-state index is 11.7. The molecule has 1 aliphatic heterocycles. The zero-order valence-electron chi connectivity index (χ0n) is 11.3. The number of likely N-dealkylation sites (tertiary alicyclic amines) is 1. The van der Waals surface area contributed by atoms with E-state index in [1.165, 1.54) is 38.8 Å². The number of hydrogen-bond donors (Lipinski definition) is 2. The zero-order valence-corrected chi connectivity index (χ0v) is 12.0. The first kappa shape index (κ1) is 14.4. The van der Waals surface area contributed by atoms with Crippen LogP contribution in [0.4, 0.5) is 0 Å². The van der Waals surface area contributed by atoms with E-state index in [4.69, 9.17) is 11.6 Å². The van der Waals surface area contributed by atoms with Gasteiger partial charge in [-0.25, -0.2) is 0 Å². The zero-order chi connectivity index (χ0) is 13.5. The first-order valence-electron chi connectivity index (χ1n) is 7.10. The highest BCUT2D eigenvalue weighted by Gasteiger charge is 2.09. The van der Waals surface area contributed by atoms with Gasteiger partial charge in [0.1, 0.15) is 5.69 Å². The molecule has 5 heteroatoms. The van der Waals surface area contributed by atoms with Crippen LogP contribution in [0.3, 0.4) is 0 Å². The number of hydrogen-bond acceptors (Lipinski definition) is 2. The van der Waals surface area contributed by atoms with Gasteiger partial charge in [-0.05, 0) is 45.0 Å². The van der Waals surface area contributed by atoms with Gasteiger partial charge >= 0.3 is 0 Å². The second-order valence-corrected chi connectivity index (χ2v) is 5.53. The molecule has 0 atom stereocenters. The smallest absolute Gasteiger partial charge is 0.267 e. The molecule has 0 aliphatic carbocycles. The second kappa shape index (κ2) is 7.56. The Morgan fingerprint density at radius 2 is 2.05 bits per heavy atom. The highest BCUT2D eigenvalue weighted by molar-refractivity contribution is 6.30. The molecule has 0 radical (unpaired) electrons. The highest BCUT2D eigenvalue weighted by Crippen LogP contribution is 2.10. The quantitative estimate of drug-likeness (QED) is 0.816. The summed E-state index contributed by atoms with van der Waals surface area (Å²) in [5, 5.41) is 3.48. The van der Waals surface area contributed by atoms with Gasteiger partial charge in [0.05, 0.1) is 5.02 Å². The Morgan fingerprint density at radius 1 is 1.32 bits per heavy atom. The van der Waals surface area contributed by atoms with Gasteiger partial charge in [0.25, 0.3) is 5.91 Å². The number of carbonyl (C=O) groups is 1. The van der Waals surface area contributed by atoms with Gasteiger partial charge in [-0.15, -0.1) is 0 Å². The Labute approximate surface area is 119 Å². The van der Waals surface area contributed by atoms with Crippen molar-refractivity contribution in [2.75, 3.05) is 26.2 Å². The molecule has 1 fully saturated rings. The molecule has 1 aliphatic rings. The standard InChI is InChI=1S/C14H22ClN3O/c15-12-10-13(17-11-12)14(19)16-6-5-9-18-7-3-1-2-4-8-18/h10-11,17H,1-9H2,(H,16,19). The molecule has 1 aromatic rings. The van der Waals surface area contributed by atoms with Crippen molar-refractivity contribution < 1.29 is 4.79 Å². The molecule has 2 rings (SSSR count). The van der Waals surface area contributed by atoms with E-state index in [-0.39, 0.29) is 5.91 Å². The monoisotopic (exact) mass is 283 g/mol. The van der Waals surface area contributed by atoms with Crippen LogP contribution < -0.4 is 5.32 Å². The molecule has 19 heavy (non-hydrogen) atoms. The van der Waals surface area contributed by atoms with E-state index in [0.29, 0.717) is 17.3 Å². The molecule has 1 amide bonds. The topological polar surface area (TPSA) is 48.1 Å². The minimum absolute atomic E-state index is 0.0808. The molecule has 0 bridgehead atoms. The van der Waals surface area contributed by atoms with Crippen molar-refractivity contribution in [1.82, 2.24) is 15.2 Å². The van der Waals surface area contributed by atoms with E-state index in [0.717, 1.165) is 13.0 Å². The number of aromatic amines is 1. The van der Waals surface area contributed by atoms with Gasteiger partial charge < -0.3 is 15.2 Å². The van der Waals surface area contributed by atoms with E-state index < -0.39 is 0 Å². The molecule has 106 valence electrons. The number of amides is 1. The third-order valence-electron chi connectivity index (χ3n) is 3.53. The van der Waals surface area contributed by atoms with E-state index in [2.05, 4.69) is 15.2 Å². The first-order chi connectivity index (χ1) is 9.25. The van der Waals surface area contributed by atoms with E-state index in [1.807, 2.05) is 0 Å². The van der Waals surface area contributed by atoms with E-state index >= 15 is 0 Å². The Morgan fingerprint density at radius 3 is 2.68 bits per heavy atom. The number of nitrogens with zero attached hydrogens (tertiary/aromatic N) is 1. The summed E-state index contributed by atoms with van der Waals surface area (Å²) in [4.78, 5) is 17.1. The predicted molar refractivity (Wildman–Crippen MR) is 77.7 cm³/mol. The van der Waals surface area contributed by atoms with Crippen LogP contribution in [-0.4, -0.2) is 42.0 Å². The average Bonchev–Trinajstić information content (AvgIpc) is 2.68. The number of carbonyl (C=O) groups excluding carboxylic acids is 1. The molecule has 2 N–H and O–H groups in total. The molecule has 1 saturated heterocycles. The van der Waals surface area contributed by atoms with E-state index in [1.54, 1.807) is 12.3 Å². The minimum Gasteiger partial charge on any atom is -0.356 e. The summed E-state index contributed by atoms with van der Waals surface area (Å²) in [6, 6.07) is 1.64. The van der Waals surface area contributed by atoms with E-state index in [9.17, 15) is 4.79 Å². The van der Waals surface area contributed by atoms with Crippen LogP contribution in [0.5, 0.6) is 0 Å². The van der Waals surface area contributed by atoms with Crippen molar-refractivity contribution in [3.05, 3.63) is 23.0 Å². The molecular formula is C14H22ClN3O. The van der Waals surface area contributed by atoms with Crippen molar-refractivity contribution in [3.63, 3.8) is 0 Å². The summed E-state index contributed by atoms with van der Waals surface area (Å²) >= 11 is 5.76. The fraction of sp³-hybridized carbons (Fsp3) is 0.643. The minimum atomic E-state index is -0.0808. The van der Waals surface area contributed by atoms with Crippen molar-refractivity contribution >= 4 is 17.5 Å². The van der Waals surface area contributed by atoms with Crippen molar-refractivity contribution in [2.45, 2.75) is 32.1 Å². The number of rotatable bonds is 5. The Kier molecular flexibility index (Phi) is 5.73. The third kappa shape index (κ3) is 4.88. The maximum atomic E-state index is 11.7. The van der Waals surface area contributed by atoms with Crippen molar-refractivity contribution in [1.29, 1.82) is 0 Å². The lowest BCUT2D eigenvalue weighted by Crippen LogP contribution is -2.30. The molecule has 0 unspecified atom stereocenters. The lowest BCUT2D eigenvalue weighted by atomic mass is 10.2. The molecule has 2 heterocycles. The summed E-state index contributed by atoms with van der Waals surface area (Å²) in [5.74, 6) is -0.0808. The normalized spacial score (nSPS) is 17.1. The molecule has 1 aromatic heterocycles. The van der Waals surface area contributed by atoms with Gasteiger partial charge in [-0.2, -0.15) is 0 Å². The fourth-order valence-corrected chi connectivity index (χ4v) is 2.62. The van der Waals surface area contributed by atoms with Crippen LogP contribution in [0.2, 0.25) is 5.02 Å². The van der Waals surface area contributed by atoms with Gasteiger partial charge in [0.2, 0.25) is 0 Å². The second-order valence-electron chi connectivity index (χ2n) is 5.10. The van der Waals surface area contributed by atoms with Crippen LogP contribution in [0.15, 0.2) is 12.3 Å². The number of nitrogens with one attached hydrogen (secondary N) is 2. The summed E-state index contributed by atoms with van der Waals surface area (Å²) in [6.45, 7) is 4.21. The van der Waals surface area contributed by atoms with Crippen molar-refractivity contribution in [3.8, 4) is 0 Å². The van der Waals surface area contributed by atoms with Crippen LogP contribution in [-0.2, 0) is 0 Å². The molecule has 0 aromatic carbocycles. The molecule has 4 nitrogen and oxygen atoms in total. The number of H-pyrrole nitrogens is 1. The Hall–Kier alpha value is -1.00. The Balaban J connectivity index is 1.62. The largest absolute Gasteiger partial charge is 0.356 e. The lowest BCUT2D eigenvalue weighted by molar-refractivity contribution is 0.0947. The molecule has 0 saturated carbocycles. The van der Waals surface area contributed by atoms with Crippen LogP contribution in [0.1, 0.15) is 42.6 Å². The van der Waals surface area contributed by atoms with Crippen LogP contribution in [0.25, 0.3) is 0 Å². The number of aromatic nitrogens is 1. The van der Waals surface area contributed by atoms with Gasteiger partial charge in [-0.1, -0.05) is 24.4 Å². The van der Waals surface area contributed by atoms with Gasteiger partial charge in [0.15, 0.2) is 0 Å². The Bertz CT molecular complexity index is 397. The highest BCUT2D eigenvalue weighted by atomic mass is 35.5. The summed E-state index contributed by atoms with van der Waals surface area (Å²) in [6.07, 6.45) is 7.97. The lowest BCUT2D eigenvalue weighted by Gasteiger charge is -2.19. The van der Waals surface area contributed by atoms with Crippen molar-refractivity contribution in [2.24, 2.45) is 0 Å². The fourth-order valence-electron chi connectivity index (χ4n) is 2.46. The third-order valence-corrected chi connectivity index (χ3v) is 3.75. The molecular weight excluding hydrogens is 262 g/mol. The SMILES string of the molecule is O=C(NCCCN1CCCCCC1)c1cc(Cl)c[nH]1. The first-order valence-corrected chi connectivity index (χ1v) is 7.48. The average molecular weight is 284 g/mol. The maximum Gasteiger partial charge on any atom is 0.267 e.